The zero-order valence-corrected chi connectivity index (χ0v) is 27.8. The fourth-order valence-electron chi connectivity index (χ4n) is 4.73. The maximum Gasteiger partial charge on any atom is 0.305 e. The molecule has 0 bridgehead atoms. The van der Waals surface area contributed by atoms with Gasteiger partial charge in [0.25, 0.3) is 0 Å². The fraction of sp³-hybridized carbons (Fsp3) is 0.714. The Hall–Kier alpha value is -3.97. The van der Waals surface area contributed by atoms with Crippen molar-refractivity contribution < 1.29 is 85.7 Å². The molecular formula is C28H38O18S. The van der Waals surface area contributed by atoms with Crippen LogP contribution in [0.25, 0.3) is 0 Å². The molecule has 2 aliphatic heterocycles. The molecule has 19 heteroatoms. The minimum atomic E-state index is -1.65. The van der Waals surface area contributed by atoms with E-state index in [-0.39, 0.29) is 0 Å². The van der Waals surface area contributed by atoms with Crippen molar-refractivity contribution in [2.45, 2.75) is 115 Å². The van der Waals surface area contributed by atoms with Gasteiger partial charge in [-0.3, -0.25) is 38.4 Å². The Kier molecular flexibility index (Phi) is 14.9. The molecule has 0 spiro atoms. The van der Waals surface area contributed by atoms with Crippen LogP contribution in [0.4, 0.5) is 0 Å². The SMILES string of the molecule is CC(=O)OC[C@H]1O[C@@H](S[C@H]2[C@@H](OC(C)=O)[C@H](OC(C)=O)O[C@H](COC(C)=O)[C@H]2OC(C)=O)[C@H](OC(C)=O)[C@@H](OC(C)=O)[C@@H]1OC(C)=O. The van der Waals surface area contributed by atoms with E-state index < -0.39 is 121 Å². The van der Waals surface area contributed by atoms with E-state index in [1.54, 1.807) is 0 Å². The van der Waals surface area contributed by atoms with Crippen molar-refractivity contribution in [3.8, 4) is 0 Å². The van der Waals surface area contributed by atoms with E-state index in [2.05, 4.69) is 0 Å². The first-order valence-corrected chi connectivity index (χ1v) is 15.1. The van der Waals surface area contributed by atoms with Crippen LogP contribution in [-0.4, -0.2) is 121 Å². The molecule has 47 heavy (non-hydrogen) atoms. The predicted molar refractivity (Wildman–Crippen MR) is 152 cm³/mol. The van der Waals surface area contributed by atoms with Crippen molar-refractivity contribution in [1.82, 2.24) is 0 Å². The summed E-state index contributed by atoms with van der Waals surface area (Å²) >= 11 is 0.712. The molecule has 0 unspecified atom stereocenters. The molecule has 0 amide bonds. The minimum absolute atomic E-state index is 0.520. The summed E-state index contributed by atoms with van der Waals surface area (Å²) < 4.78 is 54.8. The molecule has 0 aromatic carbocycles. The number of rotatable bonds is 12. The summed E-state index contributed by atoms with van der Waals surface area (Å²) in [5, 5.41) is -1.30. The first kappa shape index (κ1) is 39.2. The molecular weight excluding hydrogens is 656 g/mol. The zero-order chi connectivity index (χ0) is 35.6. The van der Waals surface area contributed by atoms with Gasteiger partial charge < -0.3 is 47.4 Å². The quantitative estimate of drug-likeness (QED) is 0.192. The second-order valence-electron chi connectivity index (χ2n) is 10.3. The predicted octanol–water partition coefficient (Wildman–Crippen LogP) is -0.114. The molecule has 2 heterocycles. The van der Waals surface area contributed by atoms with Crippen molar-refractivity contribution in [3.05, 3.63) is 0 Å². The summed E-state index contributed by atoms with van der Waals surface area (Å²) in [4.78, 5) is 96.7. The van der Waals surface area contributed by atoms with E-state index in [0.717, 1.165) is 55.4 Å². The largest absolute Gasteiger partial charge is 0.463 e. The zero-order valence-electron chi connectivity index (χ0n) is 26.9. The highest BCUT2D eigenvalue weighted by Crippen LogP contribution is 2.42. The summed E-state index contributed by atoms with van der Waals surface area (Å²) in [7, 11) is 0. The van der Waals surface area contributed by atoms with E-state index in [1.807, 2.05) is 0 Å². The number of carbonyl (C=O) groups is 8. The number of carbonyl (C=O) groups excluding carboxylic acids is 8. The van der Waals surface area contributed by atoms with E-state index in [0.29, 0.717) is 11.8 Å². The Bertz CT molecular complexity index is 1200. The maximum absolute atomic E-state index is 12.3. The number of hydrogen-bond donors (Lipinski definition) is 0. The monoisotopic (exact) mass is 694 g/mol. The highest BCUT2D eigenvalue weighted by molar-refractivity contribution is 8.00. The van der Waals surface area contributed by atoms with Crippen molar-refractivity contribution >= 4 is 59.5 Å². The van der Waals surface area contributed by atoms with Crippen LogP contribution in [0.2, 0.25) is 0 Å². The molecule has 2 saturated heterocycles. The maximum atomic E-state index is 12.3. The molecule has 0 aromatic heterocycles. The van der Waals surface area contributed by atoms with E-state index in [1.165, 1.54) is 0 Å². The minimum Gasteiger partial charge on any atom is -0.463 e. The van der Waals surface area contributed by atoms with E-state index >= 15 is 0 Å². The van der Waals surface area contributed by atoms with E-state index in [9.17, 15) is 38.4 Å². The van der Waals surface area contributed by atoms with Crippen LogP contribution in [0.5, 0.6) is 0 Å². The normalized spacial score (nSPS) is 30.0. The first-order chi connectivity index (χ1) is 21.9. The lowest BCUT2D eigenvalue weighted by Crippen LogP contribution is -2.64. The van der Waals surface area contributed by atoms with Gasteiger partial charge >= 0.3 is 47.8 Å². The third-order valence-corrected chi connectivity index (χ3v) is 7.67. The second kappa shape index (κ2) is 17.8. The van der Waals surface area contributed by atoms with Crippen LogP contribution in [-0.2, 0) is 85.7 Å². The smallest absolute Gasteiger partial charge is 0.305 e. The highest BCUT2D eigenvalue weighted by atomic mass is 32.2. The number of hydrogen-bond acceptors (Lipinski definition) is 19. The molecule has 0 radical (unpaired) electrons. The summed E-state index contributed by atoms with van der Waals surface area (Å²) in [6, 6.07) is 0. The van der Waals surface area contributed by atoms with Gasteiger partial charge in [-0.25, -0.2) is 0 Å². The van der Waals surface area contributed by atoms with Gasteiger partial charge in [-0.15, -0.1) is 11.8 Å². The number of ether oxygens (including phenoxy) is 10. The van der Waals surface area contributed by atoms with Gasteiger partial charge in [0, 0.05) is 55.4 Å². The molecule has 2 aliphatic rings. The van der Waals surface area contributed by atoms with Gasteiger partial charge in [0.2, 0.25) is 6.29 Å². The average molecular weight is 695 g/mol. The molecule has 0 N–H and O–H groups in total. The van der Waals surface area contributed by atoms with Crippen molar-refractivity contribution in [2.24, 2.45) is 0 Å². The molecule has 264 valence electrons. The van der Waals surface area contributed by atoms with Gasteiger partial charge in [-0.05, 0) is 0 Å². The summed E-state index contributed by atoms with van der Waals surface area (Å²) in [5.74, 6) is -6.65. The van der Waals surface area contributed by atoms with Gasteiger partial charge in [-0.1, -0.05) is 0 Å². The summed E-state index contributed by atoms with van der Waals surface area (Å²) in [6.45, 7) is 7.48. The van der Waals surface area contributed by atoms with Gasteiger partial charge in [0.15, 0.2) is 24.4 Å². The number of thioether (sulfide) groups is 1. The molecule has 0 aromatic rings. The lowest BCUT2D eigenvalue weighted by molar-refractivity contribution is -0.268. The van der Waals surface area contributed by atoms with Crippen molar-refractivity contribution in [1.29, 1.82) is 0 Å². The average Bonchev–Trinajstić information content (AvgIpc) is 2.91. The third-order valence-electron chi connectivity index (χ3n) is 6.17. The van der Waals surface area contributed by atoms with Crippen LogP contribution in [0, 0.1) is 0 Å². The Morgan fingerprint density at radius 3 is 1.28 bits per heavy atom. The summed E-state index contributed by atoms with van der Waals surface area (Å²) in [5.41, 5.74) is -1.44. The van der Waals surface area contributed by atoms with Crippen LogP contribution in [0.3, 0.4) is 0 Å². The molecule has 0 aliphatic carbocycles. The lowest BCUT2D eigenvalue weighted by atomic mass is 9.99. The first-order valence-electron chi connectivity index (χ1n) is 14.2. The fourth-order valence-corrected chi connectivity index (χ4v) is 6.34. The Balaban J connectivity index is 2.75. The second-order valence-corrected chi connectivity index (χ2v) is 11.6. The van der Waals surface area contributed by atoms with Crippen molar-refractivity contribution in [2.75, 3.05) is 13.2 Å². The lowest BCUT2D eigenvalue weighted by Gasteiger charge is -2.48. The summed E-state index contributed by atoms with van der Waals surface area (Å²) in [6.07, 6.45) is -11.8. The van der Waals surface area contributed by atoms with Gasteiger partial charge in [0.1, 0.15) is 37.0 Å². The number of esters is 8. The third kappa shape index (κ3) is 12.3. The van der Waals surface area contributed by atoms with Crippen LogP contribution in [0.15, 0.2) is 0 Å². The topological polar surface area (TPSA) is 229 Å². The highest BCUT2D eigenvalue weighted by Gasteiger charge is 2.57. The Labute approximate surface area is 273 Å². The molecule has 10 atom stereocenters. The van der Waals surface area contributed by atoms with Crippen molar-refractivity contribution in [3.63, 3.8) is 0 Å². The van der Waals surface area contributed by atoms with Crippen LogP contribution < -0.4 is 0 Å². The molecule has 0 saturated carbocycles. The molecule has 18 nitrogen and oxygen atoms in total. The molecule has 2 fully saturated rings. The Morgan fingerprint density at radius 1 is 0.447 bits per heavy atom. The molecule has 2 rings (SSSR count). The van der Waals surface area contributed by atoms with Gasteiger partial charge in [-0.2, -0.15) is 0 Å². The standard InChI is InChI=1S/C28H38O18S/c1-11(29)37-9-19-21(39-13(3)31)23(41-15(5)33)24(42-16(6)34)28(46-19)47-26-22(40-14(4)32)20(10-38-12(2)30)45-27(44-18(8)36)25(26)43-17(7)35/h19-28H,9-10H2,1-8H3/t19-,20-,21-,22-,23+,24-,25-,26-,27-,28+/m1/s1. The Morgan fingerprint density at radius 2 is 0.830 bits per heavy atom. The van der Waals surface area contributed by atoms with Gasteiger partial charge in [0.05, 0.1) is 5.25 Å². The van der Waals surface area contributed by atoms with Crippen LogP contribution >= 0.6 is 11.8 Å². The van der Waals surface area contributed by atoms with E-state index in [4.69, 9.17) is 47.4 Å². The van der Waals surface area contributed by atoms with Crippen LogP contribution in [0.1, 0.15) is 55.4 Å².